The number of hydrogen-bond donors (Lipinski definition) is 2. The maximum atomic E-state index is 10.5. The Morgan fingerprint density at radius 2 is 2.07 bits per heavy atom. The Morgan fingerprint density at radius 3 is 2.57 bits per heavy atom. The summed E-state index contributed by atoms with van der Waals surface area (Å²) in [6.07, 6.45) is 4.94. The number of rotatable bonds is 1. The molecule has 0 aromatic heterocycles. The third kappa shape index (κ3) is 8.58. The van der Waals surface area contributed by atoms with Gasteiger partial charge in [0.05, 0.1) is 18.9 Å². The number of carbonyl (C=O) groups is 2. The summed E-state index contributed by atoms with van der Waals surface area (Å²) in [6.45, 7) is 0.638. The fraction of sp³-hybridized carbons (Fsp3) is 0.556. The van der Waals surface area contributed by atoms with Crippen LogP contribution >= 0.6 is 0 Å². The fourth-order valence-electron chi connectivity index (χ4n) is 0.870. The van der Waals surface area contributed by atoms with Gasteiger partial charge in [0.25, 0.3) is 0 Å². The molecule has 5 heteroatoms. The average Bonchev–Trinajstić information content (AvgIpc) is 2.33. The minimum Gasteiger partial charge on any atom is -0.515 e. The predicted octanol–water partition coefficient (Wildman–Crippen LogP) is 1.25. The van der Waals surface area contributed by atoms with E-state index in [1.807, 2.05) is 0 Å². The number of cyclic esters (lactones) is 1. The lowest BCUT2D eigenvalue weighted by atomic mass is 10.2. The Balaban J connectivity index is 0.000000255. The molecule has 0 amide bonds. The second kappa shape index (κ2) is 8.10. The van der Waals surface area contributed by atoms with Gasteiger partial charge < -0.3 is 14.9 Å². The molecule has 0 aliphatic carbocycles. The Hall–Kier alpha value is -1.52. The van der Waals surface area contributed by atoms with Gasteiger partial charge in [0.2, 0.25) is 0 Å². The number of aliphatic hydroxyl groups excluding tert-OH is 1. The van der Waals surface area contributed by atoms with Gasteiger partial charge in [-0.15, -0.1) is 0 Å². The zero-order valence-electron chi connectivity index (χ0n) is 7.81. The lowest BCUT2D eigenvalue weighted by Crippen LogP contribution is -2.00. The van der Waals surface area contributed by atoms with Crippen LogP contribution in [-0.2, 0) is 14.3 Å². The quantitative estimate of drug-likeness (QED) is 0.379. The topological polar surface area (TPSA) is 83.8 Å². The summed E-state index contributed by atoms with van der Waals surface area (Å²) in [5, 5.41) is 15.3. The van der Waals surface area contributed by atoms with Gasteiger partial charge in [0.15, 0.2) is 0 Å². The average molecular weight is 202 g/mol. The molecule has 1 fully saturated rings. The Morgan fingerprint density at radius 1 is 1.36 bits per heavy atom. The van der Waals surface area contributed by atoms with Crippen molar-refractivity contribution < 1.29 is 24.5 Å². The number of carboxylic acids is 1. The molecule has 0 radical (unpaired) electrons. The van der Waals surface area contributed by atoms with Crippen LogP contribution in [-0.4, -0.2) is 28.8 Å². The molecular weight excluding hydrogens is 188 g/mol. The molecule has 1 rings (SSSR count). The van der Waals surface area contributed by atoms with Crippen LogP contribution in [0.25, 0.3) is 0 Å². The summed E-state index contributed by atoms with van der Waals surface area (Å²) < 4.78 is 4.76. The number of ether oxygens (including phenoxy) is 1. The molecule has 0 unspecified atom stereocenters. The van der Waals surface area contributed by atoms with Crippen molar-refractivity contribution in [1.82, 2.24) is 0 Å². The molecule has 1 saturated heterocycles. The summed E-state index contributed by atoms with van der Waals surface area (Å²) in [5.41, 5.74) is 0. The second-order valence-corrected chi connectivity index (χ2v) is 2.69. The van der Waals surface area contributed by atoms with Crippen LogP contribution in [0.15, 0.2) is 12.3 Å². The molecule has 1 aliphatic rings. The fourth-order valence-corrected chi connectivity index (χ4v) is 0.870. The molecule has 0 spiro atoms. The summed E-state index contributed by atoms with van der Waals surface area (Å²) in [6, 6.07) is 0. The molecular formula is C9H14O5. The Bertz CT molecular complexity index is 199. The molecule has 2 N–H and O–H groups in total. The van der Waals surface area contributed by atoms with E-state index in [0.717, 1.165) is 19.3 Å². The molecule has 0 aromatic carbocycles. The predicted molar refractivity (Wildman–Crippen MR) is 48.8 cm³/mol. The number of carbonyl (C=O) groups excluding carboxylic acids is 1. The van der Waals surface area contributed by atoms with Crippen LogP contribution < -0.4 is 0 Å². The van der Waals surface area contributed by atoms with Crippen LogP contribution in [0.5, 0.6) is 0 Å². The summed E-state index contributed by atoms with van der Waals surface area (Å²) >= 11 is 0. The van der Waals surface area contributed by atoms with Crippen LogP contribution in [0.4, 0.5) is 0 Å². The van der Waals surface area contributed by atoms with Crippen LogP contribution in [0.1, 0.15) is 25.7 Å². The van der Waals surface area contributed by atoms with E-state index in [9.17, 15) is 9.59 Å². The molecule has 1 heterocycles. The first-order chi connectivity index (χ1) is 6.66. The first-order valence-corrected chi connectivity index (χ1v) is 4.36. The van der Waals surface area contributed by atoms with Gasteiger partial charge in [-0.2, -0.15) is 0 Å². The maximum absolute atomic E-state index is 10.5. The van der Waals surface area contributed by atoms with Gasteiger partial charge in [-0.05, 0) is 19.3 Å². The third-order valence-corrected chi connectivity index (χ3v) is 1.51. The molecule has 14 heavy (non-hydrogen) atoms. The van der Waals surface area contributed by atoms with E-state index in [2.05, 4.69) is 0 Å². The summed E-state index contributed by atoms with van der Waals surface area (Å²) in [5.74, 6) is -1.17. The van der Waals surface area contributed by atoms with Crippen LogP contribution in [0.2, 0.25) is 0 Å². The highest BCUT2D eigenvalue weighted by molar-refractivity contribution is 5.79. The smallest absolute Gasteiger partial charge is 0.331 e. The third-order valence-electron chi connectivity index (χ3n) is 1.51. The Labute approximate surface area is 82.0 Å². The Kier molecular flexibility index (Phi) is 7.22. The second-order valence-electron chi connectivity index (χ2n) is 2.69. The molecule has 0 aromatic rings. The van der Waals surface area contributed by atoms with Gasteiger partial charge in [-0.3, -0.25) is 4.79 Å². The first-order valence-electron chi connectivity index (χ1n) is 4.36. The highest BCUT2D eigenvalue weighted by Gasteiger charge is 2.05. The summed E-state index contributed by atoms with van der Waals surface area (Å²) in [7, 11) is 0. The largest absolute Gasteiger partial charge is 0.515 e. The van der Waals surface area contributed by atoms with E-state index >= 15 is 0 Å². The number of aliphatic carboxylic acids is 1. The van der Waals surface area contributed by atoms with E-state index in [4.69, 9.17) is 14.9 Å². The van der Waals surface area contributed by atoms with Crippen LogP contribution in [0.3, 0.4) is 0 Å². The minimum absolute atomic E-state index is 0.0255. The highest BCUT2D eigenvalue weighted by Crippen LogP contribution is 2.06. The lowest BCUT2D eigenvalue weighted by Gasteiger charge is -1.93. The number of carboxylic acid groups (broad SMARTS) is 1. The SMILES string of the molecule is O=C(O)C=CO.O=C1CCCCCO1. The van der Waals surface area contributed by atoms with Gasteiger partial charge >= 0.3 is 11.9 Å². The van der Waals surface area contributed by atoms with E-state index < -0.39 is 5.97 Å². The van der Waals surface area contributed by atoms with E-state index in [1.165, 1.54) is 0 Å². The van der Waals surface area contributed by atoms with Gasteiger partial charge in [-0.1, -0.05) is 0 Å². The monoisotopic (exact) mass is 202 g/mol. The minimum atomic E-state index is -1.14. The van der Waals surface area contributed by atoms with Crippen molar-refractivity contribution in [2.75, 3.05) is 6.61 Å². The van der Waals surface area contributed by atoms with Crippen molar-refractivity contribution in [2.45, 2.75) is 25.7 Å². The van der Waals surface area contributed by atoms with Crippen molar-refractivity contribution in [3.05, 3.63) is 12.3 Å². The van der Waals surface area contributed by atoms with Gasteiger partial charge in [0.1, 0.15) is 0 Å². The molecule has 5 nitrogen and oxygen atoms in total. The highest BCUT2D eigenvalue weighted by atomic mass is 16.5. The first kappa shape index (κ1) is 12.5. The van der Waals surface area contributed by atoms with Gasteiger partial charge in [0, 0.05) is 6.42 Å². The van der Waals surface area contributed by atoms with Crippen molar-refractivity contribution in [3.8, 4) is 0 Å². The van der Waals surface area contributed by atoms with Crippen molar-refractivity contribution in [3.63, 3.8) is 0 Å². The molecule has 0 saturated carbocycles. The number of aliphatic hydroxyl groups is 1. The standard InChI is InChI=1S/C6H10O2.C3H4O3/c7-6-4-2-1-3-5-8-6;4-2-1-3(5)6/h1-5H2;1-2,4H,(H,5,6). The lowest BCUT2D eigenvalue weighted by molar-refractivity contribution is -0.142. The normalized spacial score (nSPS) is 16.4. The van der Waals surface area contributed by atoms with Crippen molar-refractivity contribution in [1.29, 1.82) is 0 Å². The molecule has 1 aliphatic heterocycles. The van der Waals surface area contributed by atoms with Gasteiger partial charge in [-0.25, -0.2) is 4.79 Å². The number of hydrogen-bond acceptors (Lipinski definition) is 4. The van der Waals surface area contributed by atoms with Crippen molar-refractivity contribution >= 4 is 11.9 Å². The molecule has 0 atom stereocenters. The van der Waals surface area contributed by atoms with Crippen LogP contribution in [0, 0.1) is 0 Å². The van der Waals surface area contributed by atoms with E-state index in [1.54, 1.807) is 0 Å². The summed E-state index contributed by atoms with van der Waals surface area (Å²) in [4.78, 5) is 19.8. The zero-order valence-corrected chi connectivity index (χ0v) is 7.81. The van der Waals surface area contributed by atoms with E-state index in [-0.39, 0.29) is 5.97 Å². The maximum Gasteiger partial charge on any atom is 0.331 e. The molecule has 80 valence electrons. The zero-order chi connectivity index (χ0) is 10.8. The number of esters is 1. The molecule has 0 bridgehead atoms. The van der Waals surface area contributed by atoms with E-state index in [0.29, 0.717) is 25.4 Å². The van der Waals surface area contributed by atoms with Crippen molar-refractivity contribution in [2.24, 2.45) is 0 Å².